The Morgan fingerprint density at radius 1 is 1.41 bits per heavy atom. The zero-order valence-electron chi connectivity index (χ0n) is 12.0. The number of non-ortho nitro benzene ring substituents is 1. The van der Waals surface area contributed by atoms with Gasteiger partial charge in [-0.1, -0.05) is 17.3 Å². The zero-order valence-corrected chi connectivity index (χ0v) is 12.9. The van der Waals surface area contributed by atoms with E-state index in [1.165, 1.54) is 41.9 Å². The van der Waals surface area contributed by atoms with Crippen LogP contribution in [-0.2, 0) is 15.8 Å². The van der Waals surface area contributed by atoms with Crippen LogP contribution in [0.4, 0.5) is 5.69 Å². The average molecular weight is 325 g/mol. The molecular weight excluding hydrogens is 310 g/mol. The second kappa shape index (κ2) is 6.24. The molecule has 118 valence electrons. The first-order chi connectivity index (χ1) is 10.3. The maximum Gasteiger partial charge on any atom is 0.269 e. The molecule has 0 unspecified atom stereocenters. The molecule has 22 heavy (non-hydrogen) atoms. The summed E-state index contributed by atoms with van der Waals surface area (Å²) < 4.78 is 30.5. The Kier molecular flexibility index (Phi) is 4.57. The predicted molar refractivity (Wildman–Crippen MR) is 78.4 cm³/mol. The van der Waals surface area contributed by atoms with Crippen molar-refractivity contribution in [3.63, 3.8) is 0 Å². The van der Waals surface area contributed by atoms with Crippen molar-refractivity contribution in [2.24, 2.45) is 0 Å². The maximum atomic E-state index is 12.3. The normalized spacial score (nSPS) is 13.2. The summed E-state index contributed by atoms with van der Waals surface area (Å²) in [6, 6.07) is 6.84. The third-order valence-corrected chi connectivity index (χ3v) is 5.22. The Hall–Kier alpha value is -2.26. The largest absolute Gasteiger partial charge is 0.364 e. The van der Waals surface area contributed by atoms with Crippen molar-refractivity contribution in [3.05, 3.63) is 58.0 Å². The second-order valence-electron chi connectivity index (χ2n) is 4.79. The molecule has 1 atom stereocenters. The maximum absolute atomic E-state index is 12.3. The summed E-state index contributed by atoms with van der Waals surface area (Å²) >= 11 is 0. The average Bonchev–Trinajstić information content (AvgIpc) is 2.98. The molecule has 0 fully saturated rings. The molecule has 0 aliphatic rings. The number of rotatable bonds is 6. The molecule has 2 rings (SSSR count). The Morgan fingerprint density at radius 2 is 2.14 bits per heavy atom. The van der Waals surface area contributed by atoms with Crippen molar-refractivity contribution < 1.29 is 17.9 Å². The van der Waals surface area contributed by atoms with Gasteiger partial charge in [0.15, 0.2) is 0 Å². The fraction of sp³-hybridized carbons (Fsp3) is 0.308. The van der Waals surface area contributed by atoms with Gasteiger partial charge >= 0.3 is 0 Å². The van der Waals surface area contributed by atoms with Crippen molar-refractivity contribution >= 4 is 15.7 Å². The summed E-state index contributed by atoms with van der Waals surface area (Å²) in [7, 11) is -2.19. The van der Waals surface area contributed by atoms with Crippen LogP contribution in [0.25, 0.3) is 0 Å². The number of aromatic nitrogens is 1. The molecular formula is C13H15N3O5S. The first kappa shape index (κ1) is 16.1. The summed E-state index contributed by atoms with van der Waals surface area (Å²) in [6.07, 6.45) is 1.30. The highest BCUT2D eigenvalue weighted by atomic mass is 32.2. The highest BCUT2D eigenvalue weighted by molar-refractivity contribution is 7.88. The van der Waals surface area contributed by atoms with Crippen LogP contribution in [-0.4, -0.2) is 29.9 Å². The number of nitro benzene ring substituents is 1. The molecule has 1 aromatic heterocycles. The number of hydrogen-bond donors (Lipinski definition) is 0. The van der Waals surface area contributed by atoms with Gasteiger partial charge in [0, 0.05) is 31.3 Å². The van der Waals surface area contributed by atoms with E-state index in [0.29, 0.717) is 11.3 Å². The van der Waals surface area contributed by atoms with Crippen LogP contribution >= 0.6 is 0 Å². The van der Waals surface area contributed by atoms with Gasteiger partial charge < -0.3 is 4.52 Å². The van der Waals surface area contributed by atoms with E-state index in [1.54, 1.807) is 13.0 Å². The molecule has 0 amide bonds. The summed E-state index contributed by atoms with van der Waals surface area (Å²) in [6.45, 7) is 1.67. The van der Waals surface area contributed by atoms with Crippen LogP contribution in [0, 0.1) is 10.1 Å². The third kappa shape index (κ3) is 3.49. The number of benzene rings is 1. The van der Waals surface area contributed by atoms with Gasteiger partial charge in [-0.3, -0.25) is 10.1 Å². The fourth-order valence-corrected chi connectivity index (χ4v) is 3.28. The lowest BCUT2D eigenvalue weighted by Gasteiger charge is -2.24. The summed E-state index contributed by atoms with van der Waals surface area (Å²) in [5.41, 5.74) is 0.769. The Balaban J connectivity index is 2.22. The SMILES string of the molecule is C[C@H](c1cccc([N+](=O)[O-])c1)N(C)S(=O)(=O)Cc1ccon1. The highest BCUT2D eigenvalue weighted by Crippen LogP contribution is 2.25. The van der Waals surface area contributed by atoms with Crippen LogP contribution in [0.15, 0.2) is 41.1 Å². The van der Waals surface area contributed by atoms with Gasteiger partial charge in [-0.05, 0) is 12.5 Å². The number of sulfonamides is 1. The van der Waals surface area contributed by atoms with Gasteiger partial charge in [-0.25, -0.2) is 8.42 Å². The fourth-order valence-electron chi connectivity index (χ4n) is 1.95. The van der Waals surface area contributed by atoms with Crippen molar-refractivity contribution in [2.75, 3.05) is 7.05 Å². The number of hydrogen-bond acceptors (Lipinski definition) is 6. The lowest BCUT2D eigenvalue weighted by Crippen LogP contribution is -2.31. The lowest BCUT2D eigenvalue weighted by atomic mass is 10.1. The van der Waals surface area contributed by atoms with Crippen LogP contribution in [0.3, 0.4) is 0 Å². The quantitative estimate of drug-likeness (QED) is 0.594. The standard InChI is InChI=1S/C13H15N3O5S/c1-10(11-4-3-5-13(8-11)16(17)18)15(2)22(19,20)9-12-6-7-21-14-12/h3-8,10H,9H2,1-2H3/t10-/m1/s1. The van der Waals surface area contributed by atoms with E-state index in [4.69, 9.17) is 0 Å². The minimum absolute atomic E-state index is 0.0772. The Morgan fingerprint density at radius 3 is 2.73 bits per heavy atom. The molecule has 0 saturated heterocycles. The van der Waals surface area contributed by atoms with Gasteiger partial charge in [-0.2, -0.15) is 4.31 Å². The minimum Gasteiger partial charge on any atom is -0.364 e. The third-order valence-electron chi connectivity index (χ3n) is 3.37. The Bertz CT molecular complexity index is 758. The van der Waals surface area contributed by atoms with Crippen LogP contribution in [0.1, 0.15) is 24.2 Å². The monoisotopic (exact) mass is 325 g/mol. The smallest absolute Gasteiger partial charge is 0.269 e. The molecule has 2 aromatic rings. The molecule has 0 N–H and O–H groups in total. The topological polar surface area (TPSA) is 107 Å². The summed E-state index contributed by atoms with van der Waals surface area (Å²) in [4.78, 5) is 10.3. The Labute approximate surface area is 127 Å². The van der Waals surface area contributed by atoms with E-state index < -0.39 is 21.0 Å². The van der Waals surface area contributed by atoms with E-state index in [0.717, 1.165) is 0 Å². The molecule has 1 heterocycles. The van der Waals surface area contributed by atoms with Gasteiger partial charge in [0.1, 0.15) is 12.0 Å². The summed E-state index contributed by atoms with van der Waals surface area (Å²) in [5, 5.41) is 14.4. The van der Waals surface area contributed by atoms with E-state index in [1.807, 2.05) is 0 Å². The van der Waals surface area contributed by atoms with Crippen LogP contribution in [0.5, 0.6) is 0 Å². The van der Waals surface area contributed by atoms with Crippen LogP contribution < -0.4 is 0 Å². The minimum atomic E-state index is -3.62. The molecule has 0 spiro atoms. The predicted octanol–water partition coefficient (Wildman–Crippen LogP) is 2.11. The zero-order chi connectivity index (χ0) is 16.3. The van der Waals surface area contributed by atoms with Gasteiger partial charge in [0.05, 0.1) is 10.6 Å². The molecule has 0 saturated carbocycles. The lowest BCUT2D eigenvalue weighted by molar-refractivity contribution is -0.384. The van der Waals surface area contributed by atoms with Gasteiger partial charge in [-0.15, -0.1) is 0 Å². The summed E-state index contributed by atoms with van der Waals surface area (Å²) in [5.74, 6) is -0.292. The van der Waals surface area contributed by atoms with E-state index in [9.17, 15) is 18.5 Å². The molecule has 1 aromatic carbocycles. The van der Waals surface area contributed by atoms with Crippen molar-refractivity contribution in [1.29, 1.82) is 0 Å². The molecule has 0 bridgehead atoms. The van der Waals surface area contributed by atoms with E-state index in [2.05, 4.69) is 9.68 Å². The first-order valence-corrected chi connectivity index (χ1v) is 8.01. The molecule has 0 aliphatic heterocycles. The number of nitro groups is 1. The molecule has 0 radical (unpaired) electrons. The highest BCUT2D eigenvalue weighted by Gasteiger charge is 2.26. The molecule has 9 heteroatoms. The van der Waals surface area contributed by atoms with Crippen molar-refractivity contribution in [1.82, 2.24) is 9.46 Å². The van der Waals surface area contributed by atoms with Gasteiger partial charge in [0.2, 0.25) is 10.0 Å². The van der Waals surface area contributed by atoms with E-state index >= 15 is 0 Å². The molecule has 0 aliphatic carbocycles. The number of nitrogens with zero attached hydrogens (tertiary/aromatic N) is 3. The first-order valence-electron chi connectivity index (χ1n) is 6.40. The molecule has 8 nitrogen and oxygen atoms in total. The van der Waals surface area contributed by atoms with Crippen LogP contribution in [0.2, 0.25) is 0 Å². The van der Waals surface area contributed by atoms with Gasteiger partial charge in [0.25, 0.3) is 5.69 Å². The van der Waals surface area contributed by atoms with Crippen molar-refractivity contribution in [3.8, 4) is 0 Å². The van der Waals surface area contributed by atoms with E-state index in [-0.39, 0.29) is 11.4 Å². The van der Waals surface area contributed by atoms with Crippen molar-refractivity contribution in [2.45, 2.75) is 18.7 Å². The second-order valence-corrected chi connectivity index (χ2v) is 6.82.